The predicted octanol–water partition coefficient (Wildman–Crippen LogP) is 3.82. The maximum atomic E-state index is 13.8. The van der Waals surface area contributed by atoms with Gasteiger partial charge in [0.2, 0.25) is 0 Å². The Morgan fingerprint density at radius 1 is 1.19 bits per heavy atom. The van der Waals surface area contributed by atoms with E-state index in [1.165, 1.54) is 12.1 Å². The van der Waals surface area contributed by atoms with Crippen LogP contribution < -0.4 is 5.32 Å². The van der Waals surface area contributed by atoms with Gasteiger partial charge < -0.3 is 10.4 Å². The number of hydrogen-bond acceptors (Lipinski definition) is 4. The molecular weight excluding hydrogens is 419 g/mol. The topological polar surface area (TPSA) is 80.0 Å². The third-order valence-corrected chi connectivity index (χ3v) is 5.47. The molecule has 6 nitrogen and oxygen atoms in total. The number of aliphatic hydroxyl groups is 1. The molecule has 8 heteroatoms. The van der Waals surface area contributed by atoms with Gasteiger partial charge in [-0.2, -0.15) is 5.10 Å². The minimum absolute atomic E-state index is 0.0168. The Balaban J connectivity index is 1.56. The van der Waals surface area contributed by atoms with Crippen LogP contribution in [0.15, 0.2) is 60.9 Å². The maximum Gasteiger partial charge on any atom is 0.251 e. The van der Waals surface area contributed by atoms with Gasteiger partial charge in [-0.15, -0.1) is 0 Å². The molecular formula is C23H20ClFN4O2. The average Bonchev–Trinajstić information content (AvgIpc) is 3.17. The molecule has 0 fully saturated rings. The summed E-state index contributed by atoms with van der Waals surface area (Å²) in [6.45, 7) is -0.376. The lowest BCUT2D eigenvalue weighted by atomic mass is 10.0. The van der Waals surface area contributed by atoms with Crippen molar-refractivity contribution in [1.82, 2.24) is 20.1 Å². The van der Waals surface area contributed by atoms with Crippen molar-refractivity contribution in [1.29, 1.82) is 0 Å². The number of nitrogens with one attached hydrogen (secondary N) is 1. The van der Waals surface area contributed by atoms with Crippen LogP contribution in [0, 0.1) is 5.82 Å². The number of rotatable bonds is 6. The Morgan fingerprint density at radius 2 is 2.03 bits per heavy atom. The molecule has 0 unspecified atom stereocenters. The van der Waals surface area contributed by atoms with E-state index in [9.17, 15) is 14.3 Å². The second kappa shape index (κ2) is 8.83. The van der Waals surface area contributed by atoms with Gasteiger partial charge >= 0.3 is 0 Å². The summed E-state index contributed by atoms with van der Waals surface area (Å²) < 4.78 is 15.6. The summed E-state index contributed by atoms with van der Waals surface area (Å²) in [5, 5.41) is 18.4. The molecule has 0 spiro atoms. The van der Waals surface area contributed by atoms with Crippen molar-refractivity contribution in [3.63, 3.8) is 0 Å². The maximum absolute atomic E-state index is 13.8. The number of carbonyl (C=O) groups excluding carboxylic acids is 1. The minimum atomic E-state index is -0.757. The van der Waals surface area contributed by atoms with Crippen LogP contribution in [-0.4, -0.2) is 32.4 Å². The van der Waals surface area contributed by atoms with Gasteiger partial charge in [-0.25, -0.2) is 4.39 Å². The molecule has 4 aromatic rings. The predicted molar refractivity (Wildman–Crippen MR) is 116 cm³/mol. The Labute approximate surface area is 183 Å². The number of benzene rings is 2. The number of aromatic nitrogens is 3. The summed E-state index contributed by atoms with van der Waals surface area (Å²) in [4.78, 5) is 17.3. The molecule has 0 saturated heterocycles. The lowest BCUT2D eigenvalue weighted by Crippen LogP contribution is -2.30. The molecule has 2 aromatic carbocycles. The van der Waals surface area contributed by atoms with Gasteiger partial charge in [0.25, 0.3) is 5.91 Å². The Bertz CT molecular complexity index is 1260. The number of carbonyl (C=O) groups is 1. The number of hydrogen-bond donors (Lipinski definition) is 2. The van der Waals surface area contributed by atoms with Crippen molar-refractivity contribution in [2.24, 2.45) is 7.05 Å². The van der Waals surface area contributed by atoms with Crippen LogP contribution in [0.1, 0.15) is 33.4 Å². The normalized spacial score (nSPS) is 12.1. The molecule has 1 atom stereocenters. The van der Waals surface area contributed by atoms with Crippen LogP contribution in [-0.2, 0) is 13.5 Å². The van der Waals surface area contributed by atoms with Crippen molar-refractivity contribution in [3.05, 3.63) is 94.3 Å². The standard InChI is InChI=1S/C23H20ClFN4O2/c1-29-19(6-7-27-29)11-18-9-17-8-15(2-3-16(17)12-26-18)23(31)28-22(13-30)14-4-5-20(24)21(25)10-14/h2-10,12,22,30H,11,13H2,1H3,(H,28,31)/t22-/m1/s1. The van der Waals surface area contributed by atoms with Crippen LogP contribution in [0.3, 0.4) is 0 Å². The van der Waals surface area contributed by atoms with Crippen molar-refractivity contribution in [2.45, 2.75) is 12.5 Å². The molecule has 2 N–H and O–H groups in total. The first kappa shape index (κ1) is 21.0. The van der Waals surface area contributed by atoms with Gasteiger partial charge in [0, 0.05) is 48.2 Å². The highest BCUT2D eigenvalue weighted by atomic mass is 35.5. The highest BCUT2D eigenvalue weighted by Gasteiger charge is 2.17. The second-order valence-electron chi connectivity index (χ2n) is 7.24. The number of amides is 1. The lowest BCUT2D eigenvalue weighted by molar-refractivity contribution is 0.0916. The number of nitrogens with zero attached hydrogens (tertiary/aromatic N) is 3. The van der Waals surface area contributed by atoms with Gasteiger partial charge in [0.15, 0.2) is 0 Å². The van der Waals surface area contributed by atoms with Crippen molar-refractivity contribution >= 4 is 28.3 Å². The van der Waals surface area contributed by atoms with Gasteiger partial charge in [0.1, 0.15) is 5.82 Å². The average molecular weight is 439 g/mol. The highest BCUT2D eigenvalue weighted by molar-refractivity contribution is 6.30. The Hall–Kier alpha value is -3.29. The smallest absolute Gasteiger partial charge is 0.251 e. The SMILES string of the molecule is Cn1nccc1Cc1cc2cc(C(=O)N[C@H](CO)c3ccc(Cl)c(F)c3)ccc2cn1. The molecule has 0 bridgehead atoms. The van der Waals surface area contributed by atoms with E-state index in [0.717, 1.165) is 22.2 Å². The van der Waals surface area contributed by atoms with Gasteiger partial charge in [-0.1, -0.05) is 23.7 Å². The van der Waals surface area contributed by atoms with E-state index in [2.05, 4.69) is 15.4 Å². The van der Waals surface area contributed by atoms with Gasteiger partial charge in [0.05, 0.1) is 17.7 Å². The summed E-state index contributed by atoms with van der Waals surface area (Å²) in [6, 6.07) is 12.6. The number of aryl methyl sites for hydroxylation is 1. The first-order valence-electron chi connectivity index (χ1n) is 9.67. The quantitative estimate of drug-likeness (QED) is 0.479. The molecule has 0 aliphatic heterocycles. The van der Waals surface area contributed by atoms with E-state index in [-0.39, 0.29) is 17.5 Å². The van der Waals surface area contributed by atoms with E-state index in [4.69, 9.17) is 11.6 Å². The van der Waals surface area contributed by atoms with Crippen LogP contribution in [0.2, 0.25) is 5.02 Å². The monoisotopic (exact) mass is 438 g/mol. The van der Waals surface area contributed by atoms with Crippen molar-refractivity contribution in [2.75, 3.05) is 6.61 Å². The molecule has 0 aliphatic rings. The first-order chi connectivity index (χ1) is 14.9. The molecule has 1 amide bonds. The zero-order valence-corrected chi connectivity index (χ0v) is 17.5. The van der Waals surface area contributed by atoms with Crippen LogP contribution in [0.5, 0.6) is 0 Å². The van der Waals surface area contributed by atoms with E-state index in [0.29, 0.717) is 17.5 Å². The molecule has 31 heavy (non-hydrogen) atoms. The summed E-state index contributed by atoms with van der Waals surface area (Å²) in [7, 11) is 1.88. The van der Waals surface area contributed by atoms with Gasteiger partial charge in [-0.05, 0) is 47.3 Å². The number of pyridine rings is 1. The number of halogens is 2. The molecule has 158 valence electrons. The zero-order valence-electron chi connectivity index (χ0n) is 16.7. The molecule has 2 aromatic heterocycles. The van der Waals surface area contributed by atoms with Gasteiger partial charge in [-0.3, -0.25) is 14.5 Å². The first-order valence-corrected chi connectivity index (χ1v) is 10.0. The van der Waals surface area contributed by atoms with Crippen molar-refractivity contribution in [3.8, 4) is 0 Å². The van der Waals surface area contributed by atoms with Crippen molar-refractivity contribution < 1.29 is 14.3 Å². The Kier molecular flexibility index (Phi) is 5.97. The fourth-order valence-electron chi connectivity index (χ4n) is 3.39. The van der Waals surface area contributed by atoms with Crippen LogP contribution in [0.4, 0.5) is 4.39 Å². The zero-order chi connectivity index (χ0) is 22.0. The van der Waals surface area contributed by atoms with E-state index >= 15 is 0 Å². The number of aliphatic hydroxyl groups excluding tert-OH is 1. The van der Waals surface area contributed by atoms with Crippen LogP contribution >= 0.6 is 11.6 Å². The summed E-state index contributed by atoms with van der Waals surface area (Å²) in [6.07, 6.45) is 4.14. The molecule has 0 aliphatic carbocycles. The van der Waals surface area contributed by atoms with E-state index in [1.54, 1.807) is 35.3 Å². The minimum Gasteiger partial charge on any atom is -0.394 e. The third-order valence-electron chi connectivity index (χ3n) is 5.16. The summed E-state index contributed by atoms with van der Waals surface area (Å²) in [5.74, 6) is -0.979. The molecule has 4 rings (SSSR count). The summed E-state index contributed by atoms with van der Waals surface area (Å²) in [5.41, 5.74) is 2.75. The number of fused-ring (bicyclic) bond motifs is 1. The lowest BCUT2D eigenvalue weighted by Gasteiger charge is -2.17. The Morgan fingerprint density at radius 3 is 2.74 bits per heavy atom. The van der Waals surface area contributed by atoms with E-state index < -0.39 is 11.9 Å². The molecule has 0 radical (unpaired) electrons. The second-order valence-corrected chi connectivity index (χ2v) is 7.65. The fraction of sp³-hybridized carbons (Fsp3) is 0.174. The fourth-order valence-corrected chi connectivity index (χ4v) is 3.51. The summed E-state index contributed by atoms with van der Waals surface area (Å²) >= 11 is 5.72. The largest absolute Gasteiger partial charge is 0.394 e. The van der Waals surface area contributed by atoms with Crippen LogP contribution in [0.25, 0.3) is 10.8 Å². The highest BCUT2D eigenvalue weighted by Crippen LogP contribution is 2.22. The van der Waals surface area contributed by atoms with E-state index in [1.807, 2.05) is 25.2 Å². The third kappa shape index (κ3) is 4.57. The molecule has 2 heterocycles. The molecule has 0 saturated carbocycles.